The minimum atomic E-state index is -4.41. The monoisotopic (exact) mass is 360 g/mol. The van der Waals surface area contributed by atoms with Crippen LogP contribution in [-0.2, 0) is 12.6 Å². The number of hydrogen-bond donors (Lipinski definition) is 0. The first-order chi connectivity index (χ1) is 12.0. The van der Waals surface area contributed by atoms with Crippen molar-refractivity contribution in [1.29, 1.82) is 0 Å². The van der Waals surface area contributed by atoms with Gasteiger partial charge in [0, 0.05) is 16.0 Å². The first-order valence-electron chi connectivity index (χ1n) is 8.05. The Hall–Kier alpha value is -2.14. The molecule has 0 aliphatic carbocycles. The lowest BCUT2D eigenvalue weighted by atomic mass is 10.0. The zero-order valence-electron chi connectivity index (χ0n) is 13.3. The van der Waals surface area contributed by atoms with E-state index in [2.05, 4.69) is 12.1 Å². The largest absolute Gasteiger partial charge is 0.456 e. The molecular weight excluding hydrogens is 345 g/mol. The van der Waals surface area contributed by atoms with Gasteiger partial charge in [-0.15, -0.1) is 11.8 Å². The van der Waals surface area contributed by atoms with Crippen molar-refractivity contribution >= 4 is 11.8 Å². The van der Waals surface area contributed by atoms with Gasteiger partial charge in [0.15, 0.2) is 0 Å². The van der Waals surface area contributed by atoms with Gasteiger partial charge in [0.05, 0.1) is 5.56 Å². The maximum Gasteiger partial charge on any atom is 0.417 e. The molecule has 0 fully saturated rings. The summed E-state index contributed by atoms with van der Waals surface area (Å²) < 4.78 is 45.4. The molecule has 0 saturated carbocycles. The Morgan fingerprint density at radius 3 is 2.56 bits per heavy atom. The Labute approximate surface area is 147 Å². The fraction of sp³-hybridized carbons (Fsp3) is 0.200. The fourth-order valence-corrected chi connectivity index (χ4v) is 4.12. The Balaban J connectivity index is 1.72. The summed E-state index contributed by atoms with van der Waals surface area (Å²) in [5.74, 6) is 1.95. The molecule has 4 rings (SSSR count). The normalized spacial score (nSPS) is 14.4. The van der Waals surface area contributed by atoms with Crippen molar-refractivity contribution in [3.8, 4) is 22.6 Å². The number of alkyl halides is 3. The molecule has 3 aromatic rings. The summed E-state index contributed by atoms with van der Waals surface area (Å²) in [5.41, 5.74) is 1.56. The molecular formula is C20H15F3OS. The van der Waals surface area contributed by atoms with Crippen molar-refractivity contribution in [2.75, 3.05) is 5.75 Å². The van der Waals surface area contributed by atoms with E-state index in [-0.39, 0.29) is 11.3 Å². The Bertz CT molecular complexity index is 911. The highest BCUT2D eigenvalue weighted by Gasteiger charge is 2.34. The molecule has 2 aromatic carbocycles. The average Bonchev–Trinajstić information content (AvgIpc) is 3.10. The molecule has 0 saturated heterocycles. The summed E-state index contributed by atoms with van der Waals surface area (Å²) in [5, 5.41) is 0. The number of hydrogen-bond acceptors (Lipinski definition) is 2. The average molecular weight is 360 g/mol. The van der Waals surface area contributed by atoms with Crippen molar-refractivity contribution in [3.63, 3.8) is 0 Å². The van der Waals surface area contributed by atoms with Crippen molar-refractivity contribution < 1.29 is 17.6 Å². The van der Waals surface area contributed by atoms with Crippen LogP contribution in [0.4, 0.5) is 13.2 Å². The van der Waals surface area contributed by atoms with Crippen LogP contribution in [0.2, 0.25) is 0 Å². The number of furan rings is 1. The second kappa shape index (κ2) is 6.30. The zero-order chi connectivity index (χ0) is 17.4. The Morgan fingerprint density at radius 1 is 0.920 bits per heavy atom. The highest BCUT2D eigenvalue weighted by Crippen LogP contribution is 2.39. The summed E-state index contributed by atoms with van der Waals surface area (Å²) in [6.07, 6.45) is -2.24. The third-order valence-electron chi connectivity index (χ3n) is 4.30. The van der Waals surface area contributed by atoms with E-state index in [0.29, 0.717) is 5.76 Å². The van der Waals surface area contributed by atoms with Crippen LogP contribution >= 0.6 is 11.8 Å². The highest BCUT2D eigenvalue weighted by molar-refractivity contribution is 7.99. The van der Waals surface area contributed by atoms with Crippen molar-refractivity contribution in [1.82, 2.24) is 0 Å². The van der Waals surface area contributed by atoms with E-state index in [1.54, 1.807) is 18.2 Å². The molecule has 0 amide bonds. The fourth-order valence-electron chi connectivity index (χ4n) is 3.10. The maximum atomic E-state index is 13.2. The minimum Gasteiger partial charge on any atom is -0.456 e. The molecule has 0 atom stereocenters. The van der Waals surface area contributed by atoms with Gasteiger partial charge in [-0.1, -0.05) is 24.3 Å². The van der Waals surface area contributed by atoms with Crippen molar-refractivity contribution in [3.05, 3.63) is 65.7 Å². The van der Waals surface area contributed by atoms with Gasteiger partial charge in [-0.3, -0.25) is 0 Å². The Kier molecular flexibility index (Phi) is 4.12. The van der Waals surface area contributed by atoms with E-state index in [9.17, 15) is 13.2 Å². The van der Waals surface area contributed by atoms with Crippen molar-refractivity contribution in [2.24, 2.45) is 0 Å². The van der Waals surface area contributed by atoms with Gasteiger partial charge >= 0.3 is 6.18 Å². The quantitative estimate of drug-likeness (QED) is 0.506. The third-order valence-corrected chi connectivity index (χ3v) is 5.50. The van der Waals surface area contributed by atoms with E-state index in [1.165, 1.54) is 22.6 Å². The molecule has 25 heavy (non-hydrogen) atoms. The first kappa shape index (κ1) is 16.3. The number of fused-ring (bicyclic) bond motifs is 1. The van der Waals surface area contributed by atoms with Gasteiger partial charge < -0.3 is 4.42 Å². The highest BCUT2D eigenvalue weighted by atomic mass is 32.2. The standard InChI is InChI=1S/C20H15F3OS/c21-20(22,23)16-6-2-1-5-15(16)18-9-8-17(24-18)13-7-10-19-14(12-13)4-3-11-25-19/h1-2,5-10,12H,3-4,11H2. The molecule has 0 bridgehead atoms. The van der Waals surface area contributed by atoms with Crippen LogP contribution in [0.25, 0.3) is 22.6 Å². The SMILES string of the molecule is FC(F)(F)c1ccccc1-c1ccc(-c2ccc3c(c2)CCCS3)o1. The number of aryl methyl sites for hydroxylation is 1. The van der Waals surface area contributed by atoms with Gasteiger partial charge in [-0.05, 0) is 54.5 Å². The van der Waals surface area contributed by atoms with E-state index >= 15 is 0 Å². The second-order valence-electron chi connectivity index (χ2n) is 5.98. The van der Waals surface area contributed by atoms with Gasteiger partial charge in [-0.25, -0.2) is 0 Å². The predicted octanol–water partition coefficient (Wildman–Crippen LogP) is 6.67. The summed E-state index contributed by atoms with van der Waals surface area (Å²) in [7, 11) is 0. The van der Waals surface area contributed by atoms with Gasteiger partial charge in [0.2, 0.25) is 0 Å². The summed E-state index contributed by atoms with van der Waals surface area (Å²) in [6, 6.07) is 15.0. The summed E-state index contributed by atoms with van der Waals surface area (Å²) in [6.45, 7) is 0. The van der Waals surface area contributed by atoms with E-state index in [4.69, 9.17) is 4.42 Å². The van der Waals surface area contributed by atoms with Crippen LogP contribution in [0.15, 0.2) is 63.9 Å². The lowest BCUT2D eigenvalue weighted by Gasteiger charge is -2.15. The van der Waals surface area contributed by atoms with Gasteiger partial charge in [0.25, 0.3) is 0 Å². The molecule has 1 aliphatic rings. The molecule has 2 heterocycles. The van der Waals surface area contributed by atoms with E-state index in [1.807, 2.05) is 17.8 Å². The van der Waals surface area contributed by atoms with Crippen LogP contribution < -0.4 is 0 Å². The number of benzene rings is 2. The lowest BCUT2D eigenvalue weighted by molar-refractivity contribution is -0.137. The topological polar surface area (TPSA) is 13.1 Å². The minimum absolute atomic E-state index is 0.0646. The number of halogens is 3. The van der Waals surface area contributed by atoms with Crippen LogP contribution in [0.5, 0.6) is 0 Å². The summed E-state index contributed by atoms with van der Waals surface area (Å²) >= 11 is 1.84. The molecule has 128 valence electrons. The van der Waals surface area contributed by atoms with Gasteiger partial charge in [-0.2, -0.15) is 13.2 Å². The molecule has 1 nitrogen and oxygen atoms in total. The van der Waals surface area contributed by atoms with Gasteiger partial charge in [0.1, 0.15) is 11.5 Å². The molecule has 0 radical (unpaired) electrons. The zero-order valence-corrected chi connectivity index (χ0v) is 14.1. The third kappa shape index (κ3) is 3.21. The van der Waals surface area contributed by atoms with Crippen molar-refractivity contribution in [2.45, 2.75) is 23.9 Å². The van der Waals surface area contributed by atoms with Crippen LogP contribution in [0.1, 0.15) is 17.5 Å². The summed E-state index contributed by atoms with van der Waals surface area (Å²) in [4.78, 5) is 1.28. The van der Waals surface area contributed by atoms with E-state index < -0.39 is 11.7 Å². The van der Waals surface area contributed by atoms with Crippen LogP contribution in [-0.4, -0.2) is 5.75 Å². The van der Waals surface area contributed by atoms with Crippen LogP contribution in [0, 0.1) is 0 Å². The van der Waals surface area contributed by atoms with Crippen LogP contribution in [0.3, 0.4) is 0 Å². The van der Waals surface area contributed by atoms with E-state index in [0.717, 1.165) is 30.2 Å². The maximum absolute atomic E-state index is 13.2. The number of thioether (sulfide) groups is 1. The first-order valence-corrected chi connectivity index (χ1v) is 9.03. The molecule has 1 aliphatic heterocycles. The molecule has 5 heteroatoms. The second-order valence-corrected chi connectivity index (χ2v) is 7.12. The molecule has 0 unspecified atom stereocenters. The Morgan fingerprint density at radius 2 is 1.72 bits per heavy atom. The molecule has 1 aromatic heterocycles. The lowest BCUT2D eigenvalue weighted by Crippen LogP contribution is -2.06. The predicted molar refractivity (Wildman–Crippen MR) is 93.6 cm³/mol. The smallest absolute Gasteiger partial charge is 0.417 e. The molecule has 0 N–H and O–H groups in total. The number of rotatable bonds is 2. The molecule has 0 spiro atoms.